The van der Waals surface area contributed by atoms with Gasteiger partial charge in [0.25, 0.3) is 0 Å². The Morgan fingerprint density at radius 3 is 2.83 bits per heavy atom. The second kappa shape index (κ2) is 5.54. The number of carbonyl (C=O) groups excluding carboxylic acids is 1. The first-order valence-electron chi connectivity index (χ1n) is 6.10. The molecule has 0 spiro atoms. The minimum atomic E-state index is -0.156. The molecule has 0 saturated carbocycles. The zero-order valence-corrected chi connectivity index (χ0v) is 10.6. The molecule has 3 heteroatoms. The summed E-state index contributed by atoms with van der Waals surface area (Å²) in [6.45, 7) is 4.43. The Morgan fingerprint density at radius 1 is 1.33 bits per heavy atom. The first-order chi connectivity index (χ1) is 8.77. The highest BCUT2D eigenvalue weighted by Crippen LogP contribution is 2.26. The van der Waals surface area contributed by atoms with Crippen molar-refractivity contribution in [1.29, 1.82) is 0 Å². The van der Waals surface area contributed by atoms with Crippen molar-refractivity contribution in [3.8, 4) is 0 Å². The number of carbonyl (C=O) groups is 1. The number of ether oxygens (including phenoxy) is 1. The van der Waals surface area contributed by atoms with Gasteiger partial charge in [0.05, 0.1) is 12.9 Å². The van der Waals surface area contributed by atoms with Gasteiger partial charge in [-0.25, -0.2) is 0 Å². The van der Waals surface area contributed by atoms with Gasteiger partial charge in [-0.15, -0.1) is 0 Å². The van der Waals surface area contributed by atoms with Crippen LogP contribution in [0.1, 0.15) is 30.0 Å². The summed E-state index contributed by atoms with van der Waals surface area (Å²) in [5, 5.41) is 1.01. The monoisotopic (exact) mass is 244 g/mol. The molecule has 0 aliphatic carbocycles. The third-order valence-corrected chi connectivity index (χ3v) is 2.76. The second-order valence-electron chi connectivity index (χ2n) is 3.88. The molecule has 0 fully saturated rings. The molecule has 94 valence electrons. The third-order valence-electron chi connectivity index (χ3n) is 2.76. The number of allylic oxidation sites excluding steroid dienone is 1. The Bertz CT molecular complexity index is 578. The maximum Gasteiger partial charge on any atom is 0.224 e. The number of hydrogen-bond donors (Lipinski definition) is 0. The van der Waals surface area contributed by atoms with Crippen molar-refractivity contribution >= 4 is 16.8 Å². The average molecular weight is 244 g/mol. The number of hydrogen-bond acceptors (Lipinski definition) is 3. The Balaban J connectivity index is 2.41. The number of furan rings is 1. The molecule has 0 atom stereocenters. The van der Waals surface area contributed by atoms with Crippen LogP contribution in [-0.4, -0.2) is 12.4 Å². The van der Waals surface area contributed by atoms with E-state index in [1.165, 1.54) is 12.3 Å². The van der Waals surface area contributed by atoms with Gasteiger partial charge in [-0.3, -0.25) is 4.79 Å². The van der Waals surface area contributed by atoms with Crippen LogP contribution in [-0.2, 0) is 11.2 Å². The molecule has 1 heterocycles. The molecule has 1 aromatic heterocycles. The van der Waals surface area contributed by atoms with Crippen molar-refractivity contribution in [1.82, 2.24) is 0 Å². The summed E-state index contributed by atoms with van der Waals surface area (Å²) in [6, 6.07) is 7.69. The highest BCUT2D eigenvalue weighted by molar-refractivity contribution is 6.06. The van der Waals surface area contributed by atoms with Crippen LogP contribution in [0.15, 0.2) is 41.0 Å². The van der Waals surface area contributed by atoms with Gasteiger partial charge in [0.2, 0.25) is 5.78 Å². The lowest BCUT2D eigenvalue weighted by Crippen LogP contribution is -1.97. The Morgan fingerprint density at radius 2 is 2.11 bits per heavy atom. The van der Waals surface area contributed by atoms with Gasteiger partial charge in [-0.2, -0.15) is 0 Å². The lowest BCUT2D eigenvalue weighted by molar-refractivity contribution is 0.101. The summed E-state index contributed by atoms with van der Waals surface area (Å²) in [5.41, 5.74) is 1.71. The van der Waals surface area contributed by atoms with E-state index in [-0.39, 0.29) is 5.78 Å². The van der Waals surface area contributed by atoms with E-state index in [4.69, 9.17) is 9.15 Å². The van der Waals surface area contributed by atoms with Crippen molar-refractivity contribution in [3.63, 3.8) is 0 Å². The van der Waals surface area contributed by atoms with Crippen LogP contribution < -0.4 is 0 Å². The quantitative estimate of drug-likeness (QED) is 0.457. The second-order valence-corrected chi connectivity index (χ2v) is 3.88. The van der Waals surface area contributed by atoms with Gasteiger partial charge >= 0.3 is 0 Å². The predicted molar refractivity (Wildman–Crippen MR) is 70.7 cm³/mol. The molecule has 18 heavy (non-hydrogen) atoms. The Kier molecular flexibility index (Phi) is 3.82. The molecular weight excluding hydrogens is 228 g/mol. The van der Waals surface area contributed by atoms with E-state index >= 15 is 0 Å². The number of para-hydroxylation sites is 1. The van der Waals surface area contributed by atoms with E-state index < -0.39 is 0 Å². The fourth-order valence-corrected chi connectivity index (χ4v) is 1.93. The van der Waals surface area contributed by atoms with Crippen molar-refractivity contribution in [2.45, 2.75) is 20.3 Å². The van der Waals surface area contributed by atoms with Crippen molar-refractivity contribution in [2.24, 2.45) is 0 Å². The number of aryl methyl sites for hydroxylation is 1. The van der Waals surface area contributed by atoms with Crippen molar-refractivity contribution in [3.05, 3.63) is 47.9 Å². The molecule has 0 aliphatic rings. The van der Waals surface area contributed by atoms with Crippen LogP contribution in [0.2, 0.25) is 0 Å². The number of fused-ring (bicyclic) bond motifs is 1. The Labute approximate surface area is 106 Å². The van der Waals surface area contributed by atoms with Gasteiger partial charge in [0, 0.05) is 17.0 Å². The summed E-state index contributed by atoms with van der Waals surface area (Å²) in [5.74, 6) is 0.256. The van der Waals surface area contributed by atoms with Crippen LogP contribution in [0.25, 0.3) is 11.0 Å². The number of ketones is 1. The van der Waals surface area contributed by atoms with Gasteiger partial charge in [0.15, 0.2) is 5.76 Å². The summed E-state index contributed by atoms with van der Waals surface area (Å²) < 4.78 is 10.7. The zero-order chi connectivity index (χ0) is 13.0. The first-order valence-corrected chi connectivity index (χ1v) is 6.10. The summed E-state index contributed by atoms with van der Waals surface area (Å²) in [7, 11) is 0. The number of benzene rings is 1. The minimum absolute atomic E-state index is 0.156. The van der Waals surface area contributed by atoms with Crippen LogP contribution >= 0.6 is 0 Å². The largest absolute Gasteiger partial charge is 0.501 e. The molecule has 0 N–H and O–H groups in total. The molecule has 0 amide bonds. The van der Waals surface area contributed by atoms with Gasteiger partial charge < -0.3 is 9.15 Å². The molecule has 0 bridgehead atoms. The molecule has 2 rings (SSSR count). The highest BCUT2D eigenvalue weighted by Gasteiger charge is 2.16. The third kappa shape index (κ3) is 2.30. The van der Waals surface area contributed by atoms with E-state index in [0.29, 0.717) is 12.4 Å². The summed E-state index contributed by atoms with van der Waals surface area (Å²) in [6.07, 6.45) is 3.58. The van der Waals surface area contributed by atoms with Gasteiger partial charge in [0.1, 0.15) is 5.58 Å². The first kappa shape index (κ1) is 12.4. The van der Waals surface area contributed by atoms with E-state index in [1.807, 2.05) is 38.1 Å². The molecule has 0 radical (unpaired) electrons. The zero-order valence-electron chi connectivity index (χ0n) is 10.6. The van der Waals surface area contributed by atoms with Crippen LogP contribution in [0.4, 0.5) is 0 Å². The predicted octanol–water partition coefficient (Wildman–Crippen LogP) is 3.73. The minimum Gasteiger partial charge on any atom is -0.501 e. The molecule has 0 saturated heterocycles. The summed E-state index contributed by atoms with van der Waals surface area (Å²) in [4.78, 5) is 12.0. The Hall–Kier alpha value is -2.03. The van der Waals surface area contributed by atoms with E-state index in [9.17, 15) is 4.79 Å². The van der Waals surface area contributed by atoms with Crippen molar-refractivity contribution in [2.75, 3.05) is 6.61 Å². The van der Waals surface area contributed by atoms with E-state index in [2.05, 4.69) is 0 Å². The van der Waals surface area contributed by atoms with Crippen LogP contribution in [0.5, 0.6) is 0 Å². The lowest BCUT2D eigenvalue weighted by Gasteiger charge is -1.96. The molecule has 0 unspecified atom stereocenters. The van der Waals surface area contributed by atoms with E-state index in [0.717, 1.165) is 23.0 Å². The SMILES string of the molecule is CCOC=CC(=O)c1oc2ccccc2c1CC. The molecule has 1 aromatic carbocycles. The van der Waals surface area contributed by atoms with Crippen LogP contribution in [0.3, 0.4) is 0 Å². The highest BCUT2D eigenvalue weighted by atomic mass is 16.5. The summed E-state index contributed by atoms with van der Waals surface area (Å²) >= 11 is 0. The maximum atomic E-state index is 12.0. The normalized spacial score (nSPS) is 11.2. The smallest absolute Gasteiger partial charge is 0.224 e. The molecular formula is C15H16O3. The standard InChI is InChI=1S/C15H16O3/c1-3-11-12-7-5-6-8-14(12)18-15(11)13(16)9-10-17-4-2/h5-10H,3-4H2,1-2H3. The van der Waals surface area contributed by atoms with Crippen LogP contribution in [0, 0.1) is 0 Å². The fourth-order valence-electron chi connectivity index (χ4n) is 1.93. The van der Waals surface area contributed by atoms with E-state index in [1.54, 1.807) is 0 Å². The molecule has 0 aliphatic heterocycles. The molecule has 2 aromatic rings. The fraction of sp³-hybridized carbons (Fsp3) is 0.267. The number of rotatable bonds is 5. The molecule has 3 nitrogen and oxygen atoms in total. The van der Waals surface area contributed by atoms with Gasteiger partial charge in [-0.05, 0) is 19.4 Å². The van der Waals surface area contributed by atoms with Gasteiger partial charge in [-0.1, -0.05) is 25.1 Å². The maximum absolute atomic E-state index is 12.0. The lowest BCUT2D eigenvalue weighted by atomic mass is 10.1. The average Bonchev–Trinajstić information content (AvgIpc) is 2.77. The topological polar surface area (TPSA) is 39.4 Å². The van der Waals surface area contributed by atoms with Crippen molar-refractivity contribution < 1.29 is 13.9 Å².